The molecule has 35 heavy (non-hydrogen) atoms. The fourth-order valence-electron chi connectivity index (χ4n) is 3.76. The Balaban J connectivity index is 1.39. The lowest BCUT2D eigenvalue weighted by Crippen LogP contribution is -2.27. The molecule has 0 aliphatic carbocycles. The molecule has 7 heteroatoms. The van der Waals surface area contributed by atoms with Gasteiger partial charge in [-0.05, 0) is 70.6 Å². The van der Waals surface area contributed by atoms with Crippen LogP contribution < -0.4 is 4.74 Å². The van der Waals surface area contributed by atoms with Crippen LogP contribution in [0.3, 0.4) is 0 Å². The van der Waals surface area contributed by atoms with Gasteiger partial charge in [0.05, 0.1) is 17.0 Å². The number of benzene rings is 4. The fourth-order valence-corrected chi connectivity index (χ4v) is 4.96. The molecule has 0 atom stereocenters. The molecular weight excluding hydrogens is 526 g/mol. The molecule has 1 fully saturated rings. The molecule has 1 heterocycles. The van der Waals surface area contributed by atoms with Crippen LogP contribution in [-0.2, 0) is 11.3 Å². The number of thioether (sulfide) groups is 1. The standard InChI is InChI=1S/C28H18BrNO4S/c29-23-12-13-24(34-27(32)20-7-2-1-3-8-20)22(15-23)16-25-26(31)30(28(33)35-25)17-18-10-11-19-6-4-5-9-21(19)14-18/h1-16H,17H2/b25-16-. The summed E-state index contributed by atoms with van der Waals surface area (Å²) in [6, 6.07) is 27.6. The molecule has 1 aliphatic rings. The van der Waals surface area contributed by atoms with Gasteiger partial charge in [-0.1, -0.05) is 70.5 Å². The normalized spacial score (nSPS) is 14.7. The smallest absolute Gasteiger partial charge is 0.343 e. The number of nitrogens with zero attached hydrogens (tertiary/aromatic N) is 1. The van der Waals surface area contributed by atoms with Gasteiger partial charge in [0.2, 0.25) is 0 Å². The van der Waals surface area contributed by atoms with Crippen molar-refractivity contribution in [1.82, 2.24) is 4.90 Å². The van der Waals surface area contributed by atoms with Crippen LogP contribution in [0.15, 0.2) is 100 Å². The van der Waals surface area contributed by atoms with Crippen LogP contribution in [0.5, 0.6) is 5.75 Å². The van der Waals surface area contributed by atoms with Crippen molar-refractivity contribution in [2.45, 2.75) is 6.54 Å². The predicted octanol–water partition coefficient (Wildman–Crippen LogP) is 7.06. The van der Waals surface area contributed by atoms with E-state index in [0.29, 0.717) is 16.9 Å². The summed E-state index contributed by atoms with van der Waals surface area (Å²) in [5.74, 6) is -0.594. The zero-order valence-electron chi connectivity index (χ0n) is 18.3. The first-order valence-corrected chi connectivity index (χ1v) is 12.4. The molecule has 0 unspecified atom stereocenters. The number of rotatable bonds is 5. The van der Waals surface area contributed by atoms with Crippen LogP contribution in [0.2, 0.25) is 0 Å². The monoisotopic (exact) mass is 543 g/mol. The van der Waals surface area contributed by atoms with E-state index in [1.54, 1.807) is 48.5 Å². The average molecular weight is 544 g/mol. The number of carbonyl (C=O) groups excluding carboxylic acids is 3. The van der Waals surface area contributed by atoms with Crippen molar-refractivity contribution in [3.63, 3.8) is 0 Å². The van der Waals surface area contributed by atoms with Gasteiger partial charge in [0.1, 0.15) is 5.75 Å². The van der Waals surface area contributed by atoms with E-state index in [0.717, 1.165) is 32.6 Å². The maximum absolute atomic E-state index is 13.1. The summed E-state index contributed by atoms with van der Waals surface area (Å²) in [6.45, 7) is 0.182. The third-order valence-corrected chi connectivity index (χ3v) is 6.90. The topological polar surface area (TPSA) is 63.7 Å². The van der Waals surface area contributed by atoms with Crippen LogP contribution in [0.25, 0.3) is 16.8 Å². The predicted molar refractivity (Wildman–Crippen MR) is 141 cm³/mol. The van der Waals surface area contributed by atoms with Crippen LogP contribution in [-0.4, -0.2) is 22.0 Å². The molecule has 1 aliphatic heterocycles. The van der Waals surface area contributed by atoms with Gasteiger partial charge in [-0.15, -0.1) is 0 Å². The molecule has 4 aromatic carbocycles. The van der Waals surface area contributed by atoms with Crippen molar-refractivity contribution in [2.75, 3.05) is 0 Å². The van der Waals surface area contributed by atoms with Gasteiger partial charge in [-0.3, -0.25) is 14.5 Å². The van der Waals surface area contributed by atoms with Gasteiger partial charge < -0.3 is 4.74 Å². The van der Waals surface area contributed by atoms with Gasteiger partial charge in [-0.2, -0.15) is 0 Å². The lowest BCUT2D eigenvalue weighted by molar-refractivity contribution is -0.123. The Morgan fingerprint density at radius 3 is 2.43 bits per heavy atom. The third kappa shape index (κ3) is 5.06. The van der Waals surface area contributed by atoms with E-state index >= 15 is 0 Å². The highest BCUT2D eigenvalue weighted by Crippen LogP contribution is 2.36. The highest BCUT2D eigenvalue weighted by Gasteiger charge is 2.35. The first-order valence-electron chi connectivity index (χ1n) is 10.8. The zero-order chi connectivity index (χ0) is 24.4. The first kappa shape index (κ1) is 23.1. The maximum Gasteiger partial charge on any atom is 0.343 e. The van der Waals surface area contributed by atoms with E-state index in [4.69, 9.17) is 4.74 Å². The average Bonchev–Trinajstić information content (AvgIpc) is 3.13. The fraction of sp³-hybridized carbons (Fsp3) is 0.0357. The second kappa shape index (κ2) is 9.90. The quantitative estimate of drug-likeness (QED) is 0.153. The van der Waals surface area contributed by atoms with Crippen molar-refractivity contribution >= 4 is 61.7 Å². The molecule has 0 radical (unpaired) electrons. The SMILES string of the molecule is O=C(Oc1ccc(Br)cc1/C=C1\SC(=O)N(Cc2ccc3ccccc3c2)C1=O)c1ccccc1. The summed E-state index contributed by atoms with van der Waals surface area (Å²) in [7, 11) is 0. The first-order chi connectivity index (χ1) is 17.0. The number of amides is 2. The minimum atomic E-state index is -0.507. The summed E-state index contributed by atoms with van der Waals surface area (Å²) in [6.07, 6.45) is 1.59. The molecular formula is C28H18BrNO4S. The van der Waals surface area contributed by atoms with E-state index < -0.39 is 5.97 Å². The van der Waals surface area contributed by atoms with E-state index in [1.165, 1.54) is 4.90 Å². The van der Waals surface area contributed by atoms with Gasteiger partial charge in [0.15, 0.2) is 0 Å². The van der Waals surface area contributed by atoms with Crippen LogP contribution >= 0.6 is 27.7 Å². The minimum Gasteiger partial charge on any atom is -0.422 e. The molecule has 172 valence electrons. The number of imide groups is 1. The molecule has 5 rings (SSSR count). The number of fused-ring (bicyclic) bond motifs is 1. The molecule has 2 amide bonds. The highest BCUT2D eigenvalue weighted by atomic mass is 79.9. The molecule has 0 N–H and O–H groups in total. The number of hydrogen-bond donors (Lipinski definition) is 0. The number of halogens is 1. The van der Waals surface area contributed by atoms with Crippen LogP contribution in [0, 0.1) is 0 Å². The Bertz CT molecular complexity index is 1500. The summed E-state index contributed by atoms with van der Waals surface area (Å²) >= 11 is 4.29. The molecule has 0 saturated carbocycles. The van der Waals surface area contributed by atoms with Crippen molar-refractivity contribution in [1.29, 1.82) is 0 Å². The van der Waals surface area contributed by atoms with Crippen molar-refractivity contribution < 1.29 is 19.1 Å². The lowest BCUT2D eigenvalue weighted by atomic mass is 10.1. The van der Waals surface area contributed by atoms with E-state index in [-0.39, 0.29) is 22.6 Å². The highest BCUT2D eigenvalue weighted by molar-refractivity contribution is 9.10. The van der Waals surface area contributed by atoms with E-state index in [1.807, 2.05) is 48.5 Å². The molecule has 4 aromatic rings. The summed E-state index contributed by atoms with van der Waals surface area (Å²) in [5.41, 5.74) is 1.80. The lowest BCUT2D eigenvalue weighted by Gasteiger charge is -2.13. The maximum atomic E-state index is 13.1. The van der Waals surface area contributed by atoms with Crippen molar-refractivity contribution in [2.24, 2.45) is 0 Å². The number of ether oxygens (including phenoxy) is 1. The van der Waals surface area contributed by atoms with Gasteiger partial charge in [0.25, 0.3) is 11.1 Å². The molecule has 0 spiro atoms. The third-order valence-electron chi connectivity index (χ3n) is 5.50. The van der Waals surface area contributed by atoms with E-state index in [9.17, 15) is 14.4 Å². The Kier molecular flexibility index (Phi) is 6.53. The van der Waals surface area contributed by atoms with Gasteiger partial charge in [0, 0.05) is 10.0 Å². The van der Waals surface area contributed by atoms with E-state index in [2.05, 4.69) is 15.9 Å². The second-order valence-electron chi connectivity index (χ2n) is 7.89. The Labute approximate surface area is 214 Å². The van der Waals surface area contributed by atoms with Crippen molar-refractivity contribution in [3.05, 3.63) is 117 Å². The number of carbonyl (C=O) groups is 3. The second-order valence-corrected chi connectivity index (χ2v) is 9.80. The molecule has 0 bridgehead atoms. The Morgan fingerprint density at radius 1 is 0.886 bits per heavy atom. The van der Waals surface area contributed by atoms with Crippen molar-refractivity contribution in [3.8, 4) is 5.75 Å². The van der Waals surface area contributed by atoms with Gasteiger partial charge >= 0.3 is 5.97 Å². The largest absolute Gasteiger partial charge is 0.422 e. The number of hydrogen-bond acceptors (Lipinski definition) is 5. The zero-order valence-corrected chi connectivity index (χ0v) is 20.7. The Morgan fingerprint density at radius 2 is 1.63 bits per heavy atom. The summed E-state index contributed by atoms with van der Waals surface area (Å²) in [5, 5.41) is 1.80. The Hall–Kier alpha value is -3.68. The van der Waals surface area contributed by atoms with Crippen LogP contribution in [0.1, 0.15) is 21.5 Å². The molecule has 0 aromatic heterocycles. The van der Waals surface area contributed by atoms with Gasteiger partial charge in [-0.25, -0.2) is 4.79 Å². The summed E-state index contributed by atoms with van der Waals surface area (Å²) in [4.78, 5) is 39.9. The molecule has 5 nitrogen and oxygen atoms in total. The van der Waals surface area contributed by atoms with Crippen LogP contribution in [0.4, 0.5) is 4.79 Å². The molecule has 1 saturated heterocycles. The minimum absolute atomic E-state index is 0.182. The number of esters is 1. The summed E-state index contributed by atoms with van der Waals surface area (Å²) < 4.78 is 6.35.